The Morgan fingerprint density at radius 1 is 1.42 bits per heavy atom. The zero-order chi connectivity index (χ0) is 14.7. The van der Waals surface area contributed by atoms with Crippen LogP contribution in [0.4, 0.5) is 5.69 Å². The average Bonchev–Trinajstić information content (AvgIpc) is 2.28. The van der Waals surface area contributed by atoms with Crippen molar-refractivity contribution in [2.24, 2.45) is 5.73 Å². The van der Waals surface area contributed by atoms with E-state index in [-0.39, 0.29) is 10.8 Å². The van der Waals surface area contributed by atoms with Crippen molar-refractivity contribution in [2.45, 2.75) is 37.1 Å². The molecule has 0 aromatic heterocycles. The van der Waals surface area contributed by atoms with Gasteiger partial charge in [-0.05, 0) is 31.5 Å². The molecular weight excluding hydrogens is 264 g/mol. The highest BCUT2D eigenvalue weighted by Gasteiger charge is 2.27. The van der Waals surface area contributed by atoms with Crippen molar-refractivity contribution in [1.82, 2.24) is 0 Å². The SMILES string of the molecule is CCCC(C)(N)C(=O)Nc1cccc(S(C)(=O)=O)c1. The number of hydrogen-bond acceptors (Lipinski definition) is 4. The standard InChI is InChI=1S/C13H20N2O3S/c1-4-8-13(2,14)12(16)15-10-6-5-7-11(9-10)19(3,17)18/h5-7,9H,4,8,14H2,1-3H3,(H,15,16). The van der Waals surface area contributed by atoms with Gasteiger partial charge in [0.25, 0.3) is 0 Å². The normalized spacial score (nSPS) is 14.7. The van der Waals surface area contributed by atoms with Crippen molar-refractivity contribution in [1.29, 1.82) is 0 Å². The van der Waals surface area contributed by atoms with Crippen LogP contribution in [0.2, 0.25) is 0 Å². The highest BCUT2D eigenvalue weighted by atomic mass is 32.2. The first kappa shape index (κ1) is 15.7. The summed E-state index contributed by atoms with van der Waals surface area (Å²) in [5.74, 6) is -0.319. The Morgan fingerprint density at radius 2 is 2.05 bits per heavy atom. The lowest BCUT2D eigenvalue weighted by atomic mass is 9.96. The van der Waals surface area contributed by atoms with Gasteiger partial charge < -0.3 is 11.1 Å². The van der Waals surface area contributed by atoms with E-state index in [0.717, 1.165) is 12.7 Å². The Labute approximate surface area is 114 Å². The van der Waals surface area contributed by atoms with Crippen LogP contribution in [0.15, 0.2) is 29.2 Å². The fourth-order valence-electron chi connectivity index (χ4n) is 1.71. The predicted octanol–water partition coefficient (Wildman–Crippen LogP) is 1.55. The Morgan fingerprint density at radius 3 is 2.58 bits per heavy atom. The summed E-state index contributed by atoms with van der Waals surface area (Å²) >= 11 is 0. The van der Waals surface area contributed by atoms with E-state index in [9.17, 15) is 13.2 Å². The first-order valence-corrected chi connectivity index (χ1v) is 7.96. The van der Waals surface area contributed by atoms with Crippen molar-refractivity contribution < 1.29 is 13.2 Å². The fourth-order valence-corrected chi connectivity index (χ4v) is 2.38. The summed E-state index contributed by atoms with van der Waals surface area (Å²) in [5.41, 5.74) is 5.38. The third-order valence-electron chi connectivity index (χ3n) is 2.81. The first-order valence-electron chi connectivity index (χ1n) is 6.07. The summed E-state index contributed by atoms with van der Waals surface area (Å²) in [6.07, 6.45) is 2.48. The number of sulfone groups is 1. The van der Waals surface area contributed by atoms with Gasteiger partial charge in [-0.3, -0.25) is 4.79 Å². The molecule has 1 aromatic carbocycles. The minimum atomic E-state index is -3.29. The van der Waals surface area contributed by atoms with Crippen LogP contribution in [0, 0.1) is 0 Å². The monoisotopic (exact) mass is 284 g/mol. The van der Waals surface area contributed by atoms with E-state index in [1.165, 1.54) is 12.1 Å². The molecule has 0 aliphatic carbocycles. The fraction of sp³-hybridized carbons (Fsp3) is 0.462. The number of nitrogens with two attached hydrogens (primary N) is 1. The number of benzene rings is 1. The molecule has 5 nitrogen and oxygen atoms in total. The zero-order valence-electron chi connectivity index (χ0n) is 11.4. The zero-order valence-corrected chi connectivity index (χ0v) is 12.3. The van der Waals surface area contributed by atoms with Gasteiger partial charge in [0.15, 0.2) is 9.84 Å². The molecule has 0 fully saturated rings. The molecule has 0 spiro atoms. The second-order valence-corrected chi connectivity index (χ2v) is 6.94. The largest absolute Gasteiger partial charge is 0.324 e. The summed E-state index contributed by atoms with van der Waals surface area (Å²) in [4.78, 5) is 12.2. The van der Waals surface area contributed by atoms with Crippen LogP contribution >= 0.6 is 0 Å². The summed E-state index contributed by atoms with van der Waals surface area (Å²) in [5, 5.41) is 2.65. The molecule has 0 saturated heterocycles. The van der Waals surface area contributed by atoms with Gasteiger partial charge in [0.2, 0.25) is 5.91 Å². The van der Waals surface area contributed by atoms with Crippen molar-refractivity contribution >= 4 is 21.4 Å². The topological polar surface area (TPSA) is 89.3 Å². The minimum absolute atomic E-state index is 0.166. The van der Waals surface area contributed by atoms with Crippen molar-refractivity contribution in [3.63, 3.8) is 0 Å². The molecule has 0 radical (unpaired) electrons. The van der Waals surface area contributed by atoms with Crippen LogP contribution in [-0.4, -0.2) is 26.1 Å². The van der Waals surface area contributed by atoms with Crippen molar-refractivity contribution in [3.05, 3.63) is 24.3 Å². The molecule has 1 atom stereocenters. The van der Waals surface area contributed by atoms with E-state index in [1.54, 1.807) is 19.1 Å². The van der Waals surface area contributed by atoms with Gasteiger partial charge in [-0.1, -0.05) is 19.4 Å². The van der Waals surface area contributed by atoms with E-state index in [4.69, 9.17) is 5.73 Å². The Bertz CT molecular complexity index is 565. The highest BCUT2D eigenvalue weighted by Crippen LogP contribution is 2.17. The third kappa shape index (κ3) is 4.33. The van der Waals surface area contributed by atoms with Gasteiger partial charge in [0, 0.05) is 11.9 Å². The maximum absolute atomic E-state index is 12.0. The summed E-state index contributed by atoms with van der Waals surface area (Å²) in [6.45, 7) is 3.61. The maximum Gasteiger partial charge on any atom is 0.244 e. The number of nitrogens with one attached hydrogen (secondary N) is 1. The van der Waals surface area contributed by atoms with E-state index in [2.05, 4.69) is 5.32 Å². The molecule has 0 saturated carbocycles. The molecule has 3 N–H and O–H groups in total. The lowest BCUT2D eigenvalue weighted by molar-refractivity contribution is -0.120. The predicted molar refractivity (Wildman–Crippen MR) is 75.7 cm³/mol. The van der Waals surface area contributed by atoms with Crippen LogP contribution in [0.3, 0.4) is 0 Å². The number of carbonyl (C=O) groups is 1. The highest BCUT2D eigenvalue weighted by molar-refractivity contribution is 7.90. The second kappa shape index (κ2) is 5.71. The average molecular weight is 284 g/mol. The van der Waals surface area contributed by atoms with Gasteiger partial charge in [0.05, 0.1) is 10.4 Å². The molecule has 0 heterocycles. The number of carbonyl (C=O) groups excluding carboxylic acids is 1. The molecular formula is C13H20N2O3S. The quantitative estimate of drug-likeness (QED) is 0.858. The van der Waals surface area contributed by atoms with Crippen LogP contribution in [-0.2, 0) is 14.6 Å². The number of hydrogen-bond donors (Lipinski definition) is 2. The Balaban J connectivity index is 2.92. The van der Waals surface area contributed by atoms with Gasteiger partial charge >= 0.3 is 0 Å². The molecule has 0 aliphatic heterocycles. The van der Waals surface area contributed by atoms with E-state index in [0.29, 0.717) is 12.1 Å². The Kier molecular flexibility index (Phi) is 4.70. The summed E-state index contributed by atoms with van der Waals surface area (Å²) < 4.78 is 22.9. The molecule has 0 bridgehead atoms. The molecule has 1 rings (SSSR count). The Hall–Kier alpha value is -1.40. The van der Waals surface area contributed by atoms with Crippen molar-refractivity contribution in [2.75, 3.05) is 11.6 Å². The first-order chi connectivity index (χ1) is 8.66. The van der Waals surface area contributed by atoms with E-state index >= 15 is 0 Å². The molecule has 1 aromatic rings. The van der Waals surface area contributed by atoms with Crippen LogP contribution in [0.25, 0.3) is 0 Å². The molecule has 6 heteroatoms. The molecule has 1 unspecified atom stereocenters. The smallest absolute Gasteiger partial charge is 0.244 e. The summed E-state index contributed by atoms with van der Waals surface area (Å²) in [6, 6.07) is 6.13. The number of anilines is 1. The lowest BCUT2D eigenvalue weighted by Gasteiger charge is -2.22. The summed E-state index contributed by atoms with van der Waals surface area (Å²) in [7, 11) is -3.29. The third-order valence-corrected chi connectivity index (χ3v) is 3.92. The second-order valence-electron chi connectivity index (χ2n) is 4.92. The maximum atomic E-state index is 12.0. The molecule has 19 heavy (non-hydrogen) atoms. The van der Waals surface area contributed by atoms with Gasteiger partial charge in [0.1, 0.15) is 0 Å². The molecule has 1 amide bonds. The van der Waals surface area contributed by atoms with Gasteiger partial charge in [-0.15, -0.1) is 0 Å². The van der Waals surface area contributed by atoms with Gasteiger partial charge in [-0.25, -0.2) is 8.42 Å². The molecule has 0 aliphatic rings. The van der Waals surface area contributed by atoms with Crippen molar-refractivity contribution in [3.8, 4) is 0 Å². The molecule has 106 valence electrons. The number of amides is 1. The van der Waals surface area contributed by atoms with E-state index < -0.39 is 15.4 Å². The van der Waals surface area contributed by atoms with Crippen LogP contribution < -0.4 is 11.1 Å². The lowest BCUT2D eigenvalue weighted by Crippen LogP contribution is -2.48. The van der Waals surface area contributed by atoms with Crippen LogP contribution in [0.1, 0.15) is 26.7 Å². The van der Waals surface area contributed by atoms with E-state index in [1.807, 2.05) is 6.92 Å². The number of rotatable bonds is 5. The minimum Gasteiger partial charge on any atom is -0.324 e. The van der Waals surface area contributed by atoms with Gasteiger partial charge in [-0.2, -0.15) is 0 Å². The van der Waals surface area contributed by atoms with Crippen LogP contribution in [0.5, 0.6) is 0 Å².